The van der Waals surface area contributed by atoms with Gasteiger partial charge in [-0.25, -0.2) is 0 Å². The normalized spacial score (nSPS) is 15.5. The van der Waals surface area contributed by atoms with Gasteiger partial charge in [-0.3, -0.25) is 4.90 Å². The standard InChI is InChI=1S/C13H20N2/c1-2-7-14-8-9-15-10-12-5-3-4-6-13(12)11-15/h3-6,14H,2,7-11H2,1H3. The number of hydrogen-bond acceptors (Lipinski definition) is 2. The van der Waals surface area contributed by atoms with Crippen LogP contribution in [0.25, 0.3) is 0 Å². The summed E-state index contributed by atoms with van der Waals surface area (Å²) in [5.41, 5.74) is 3.01. The van der Waals surface area contributed by atoms with Crippen LogP contribution in [0.3, 0.4) is 0 Å². The van der Waals surface area contributed by atoms with E-state index in [9.17, 15) is 0 Å². The Bertz CT molecular complexity index is 284. The van der Waals surface area contributed by atoms with E-state index >= 15 is 0 Å². The highest BCUT2D eigenvalue weighted by atomic mass is 15.1. The number of nitrogens with zero attached hydrogens (tertiary/aromatic N) is 1. The van der Waals surface area contributed by atoms with Crippen molar-refractivity contribution in [3.05, 3.63) is 35.4 Å². The molecule has 0 atom stereocenters. The third-order valence-corrected chi connectivity index (χ3v) is 2.94. The van der Waals surface area contributed by atoms with Gasteiger partial charge in [0.15, 0.2) is 0 Å². The van der Waals surface area contributed by atoms with Crippen LogP contribution in [0.4, 0.5) is 0 Å². The molecule has 2 nitrogen and oxygen atoms in total. The zero-order valence-electron chi connectivity index (χ0n) is 9.50. The highest BCUT2D eigenvalue weighted by Crippen LogP contribution is 2.21. The average Bonchev–Trinajstić information content (AvgIpc) is 2.67. The van der Waals surface area contributed by atoms with Crippen molar-refractivity contribution in [2.45, 2.75) is 26.4 Å². The summed E-state index contributed by atoms with van der Waals surface area (Å²) in [6.07, 6.45) is 1.22. The summed E-state index contributed by atoms with van der Waals surface area (Å²) in [6.45, 7) is 7.88. The van der Waals surface area contributed by atoms with E-state index < -0.39 is 0 Å². The van der Waals surface area contributed by atoms with Gasteiger partial charge in [-0.05, 0) is 24.1 Å². The molecule has 1 aliphatic heterocycles. The lowest BCUT2D eigenvalue weighted by atomic mass is 10.1. The van der Waals surface area contributed by atoms with Crippen LogP contribution in [0.15, 0.2) is 24.3 Å². The topological polar surface area (TPSA) is 15.3 Å². The van der Waals surface area contributed by atoms with Crippen molar-refractivity contribution in [3.63, 3.8) is 0 Å². The first kappa shape index (κ1) is 10.7. The van der Waals surface area contributed by atoms with Gasteiger partial charge in [-0.1, -0.05) is 31.2 Å². The van der Waals surface area contributed by atoms with E-state index in [1.54, 1.807) is 0 Å². The van der Waals surface area contributed by atoms with Crippen LogP contribution in [0.5, 0.6) is 0 Å². The molecule has 2 heteroatoms. The lowest BCUT2D eigenvalue weighted by Crippen LogP contribution is -2.28. The van der Waals surface area contributed by atoms with Crippen LogP contribution in [0.2, 0.25) is 0 Å². The third kappa shape index (κ3) is 2.80. The molecular weight excluding hydrogens is 184 g/mol. The van der Waals surface area contributed by atoms with Gasteiger partial charge in [0, 0.05) is 26.2 Å². The smallest absolute Gasteiger partial charge is 0.0241 e. The molecule has 1 aliphatic rings. The molecule has 0 amide bonds. The van der Waals surface area contributed by atoms with Crippen LogP contribution >= 0.6 is 0 Å². The van der Waals surface area contributed by atoms with Crippen LogP contribution in [-0.2, 0) is 13.1 Å². The predicted molar refractivity (Wildman–Crippen MR) is 63.7 cm³/mol. The van der Waals surface area contributed by atoms with Gasteiger partial charge >= 0.3 is 0 Å². The maximum atomic E-state index is 3.45. The Morgan fingerprint density at radius 2 is 1.80 bits per heavy atom. The van der Waals surface area contributed by atoms with E-state index in [4.69, 9.17) is 0 Å². The molecule has 1 aromatic carbocycles. The number of hydrogen-bond donors (Lipinski definition) is 1. The lowest BCUT2D eigenvalue weighted by molar-refractivity contribution is 0.283. The van der Waals surface area contributed by atoms with Crippen molar-refractivity contribution in [1.82, 2.24) is 10.2 Å². The molecule has 0 unspecified atom stereocenters. The van der Waals surface area contributed by atoms with Crippen molar-refractivity contribution in [1.29, 1.82) is 0 Å². The zero-order chi connectivity index (χ0) is 10.5. The van der Waals surface area contributed by atoms with E-state index in [1.165, 1.54) is 17.5 Å². The first-order valence-corrected chi connectivity index (χ1v) is 5.90. The zero-order valence-corrected chi connectivity index (χ0v) is 9.50. The molecule has 0 aliphatic carbocycles. The summed E-state index contributed by atoms with van der Waals surface area (Å²) in [4.78, 5) is 2.51. The van der Waals surface area contributed by atoms with E-state index in [1.807, 2.05) is 0 Å². The molecule has 0 spiro atoms. The Kier molecular flexibility index (Phi) is 3.75. The molecule has 0 saturated heterocycles. The SMILES string of the molecule is CCCNCCN1Cc2ccccc2C1. The summed E-state index contributed by atoms with van der Waals surface area (Å²) >= 11 is 0. The minimum absolute atomic E-state index is 1.11. The van der Waals surface area contributed by atoms with Crippen molar-refractivity contribution >= 4 is 0 Å². The maximum absolute atomic E-state index is 3.45. The molecule has 0 fully saturated rings. The van der Waals surface area contributed by atoms with Crippen LogP contribution < -0.4 is 5.32 Å². The molecule has 1 heterocycles. The fourth-order valence-electron chi connectivity index (χ4n) is 2.10. The summed E-state index contributed by atoms with van der Waals surface area (Å²) in [6, 6.07) is 8.76. The summed E-state index contributed by atoms with van der Waals surface area (Å²) in [5, 5.41) is 3.45. The molecule has 82 valence electrons. The fraction of sp³-hybridized carbons (Fsp3) is 0.538. The average molecular weight is 204 g/mol. The van der Waals surface area contributed by atoms with Gasteiger partial charge in [-0.2, -0.15) is 0 Å². The molecule has 0 saturated carbocycles. The summed E-state index contributed by atoms with van der Waals surface area (Å²) in [5.74, 6) is 0. The molecule has 1 N–H and O–H groups in total. The Hall–Kier alpha value is -0.860. The fourth-order valence-corrected chi connectivity index (χ4v) is 2.10. The molecule has 0 bridgehead atoms. The van der Waals surface area contributed by atoms with E-state index in [2.05, 4.69) is 41.4 Å². The highest BCUT2D eigenvalue weighted by Gasteiger charge is 2.16. The van der Waals surface area contributed by atoms with Gasteiger partial charge in [0.2, 0.25) is 0 Å². The summed E-state index contributed by atoms with van der Waals surface area (Å²) in [7, 11) is 0. The number of rotatable bonds is 5. The highest BCUT2D eigenvalue weighted by molar-refractivity contribution is 5.30. The monoisotopic (exact) mass is 204 g/mol. The second kappa shape index (κ2) is 5.29. The molecule has 0 aromatic heterocycles. The second-order valence-electron chi connectivity index (χ2n) is 4.23. The molecule has 0 radical (unpaired) electrons. The minimum Gasteiger partial charge on any atom is -0.315 e. The lowest BCUT2D eigenvalue weighted by Gasteiger charge is -2.14. The number of benzene rings is 1. The molecule has 1 aromatic rings. The van der Waals surface area contributed by atoms with E-state index in [0.29, 0.717) is 0 Å². The van der Waals surface area contributed by atoms with E-state index in [0.717, 1.165) is 32.7 Å². The van der Waals surface area contributed by atoms with Crippen molar-refractivity contribution in [2.75, 3.05) is 19.6 Å². The van der Waals surface area contributed by atoms with Crippen molar-refractivity contribution in [2.24, 2.45) is 0 Å². The molecule has 15 heavy (non-hydrogen) atoms. The predicted octanol–water partition coefficient (Wildman–Crippen LogP) is 2.00. The largest absolute Gasteiger partial charge is 0.315 e. The Balaban J connectivity index is 1.76. The van der Waals surface area contributed by atoms with Crippen LogP contribution in [-0.4, -0.2) is 24.5 Å². The van der Waals surface area contributed by atoms with Gasteiger partial charge in [0.1, 0.15) is 0 Å². The number of fused-ring (bicyclic) bond motifs is 1. The van der Waals surface area contributed by atoms with Gasteiger partial charge in [0.05, 0.1) is 0 Å². The maximum Gasteiger partial charge on any atom is 0.0241 e. The van der Waals surface area contributed by atoms with Crippen molar-refractivity contribution in [3.8, 4) is 0 Å². The minimum atomic E-state index is 1.11. The first-order chi connectivity index (χ1) is 7.40. The second-order valence-corrected chi connectivity index (χ2v) is 4.23. The Morgan fingerprint density at radius 1 is 1.13 bits per heavy atom. The van der Waals surface area contributed by atoms with E-state index in [-0.39, 0.29) is 0 Å². The molecular formula is C13H20N2. The van der Waals surface area contributed by atoms with Crippen LogP contribution in [0, 0.1) is 0 Å². The van der Waals surface area contributed by atoms with Gasteiger partial charge in [-0.15, -0.1) is 0 Å². The van der Waals surface area contributed by atoms with Gasteiger partial charge < -0.3 is 5.32 Å². The van der Waals surface area contributed by atoms with Crippen molar-refractivity contribution < 1.29 is 0 Å². The third-order valence-electron chi connectivity index (χ3n) is 2.94. The number of nitrogens with one attached hydrogen (secondary N) is 1. The quantitative estimate of drug-likeness (QED) is 0.738. The Morgan fingerprint density at radius 3 is 2.40 bits per heavy atom. The van der Waals surface area contributed by atoms with Crippen LogP contribution in [0.1, 0.15) is 24.5 Å². The Labute approximate surface area is 92.3 Å². The molecule has 2 rings (SSSR count). The first-order valence-electron chi connectivity index (χ1n) is 5.90. The van der Waals surface area contributed by atoms with Gasteiger partial charge in [0.25, 0.3) is 0 Å². The summed E-state index contributed by atoms with van der Waals surface area (Å²) < 4.78 is 0.